The Morgan fingerprint density at radius 1 is 1.07 bits per heavy atom. The molecule has 0 radical (unpaired) electrons. The number of aromatic nitrogens is 2. The van der Waals surface area contributed by atoms with E-state index in [0.717, 1.165) is 24.2 Å². The third kappa shape index (κ3) is 5.09. The number of hydrogen-bond acceptors (Lipinski definition) is 5. The highest BCUT2D eigenvalue weighted by molar-refractivity contribution is 7.99. The van der Waals surface area contributed by atoms with Gasteiger partial charge in [0, 0.05) is 38.0 Å². The molecule has 0 aliphatic rings. The van der Waals surface area contributed by atoms with Gasteiger partial charge in [-0.1, -0.05) is 54.2 Å². The van der Waals surface area contributed by atoms with Crippen LogP contribution in [0.5, 0.6) is 0 Å². The van der Waals surface area contributed by atoms with Crippen molar-refractivity contribution in [1.29, 1.82) is 0 Å². The van der Waals surface area contributed by atoms with E-state index >= 15 is 0 Å². The predicted octanol–water partition coefficient (Wildman–Crippen LogP) is 4.19. The molecule has 0 fully saturated rings. The summed E-state index contributed by atoms with van der Waals surface area (Å²) in [4.78, 5) is 29.8. The lowest BCUT2D eigenvalue weighted by Crippen LogP contribution is -2.24. The van der Waals surface area contributed by atoms with Gasteiger partial charge in [-0.05, 0) is 25.0 Å². The van der Waals surface area contributed by atoms with Crippen molar-refractivity contribution in [2.45, 2.75) is 31.0 Å². The molecule has 0 amide bonds. The zero-order valence-electron chi connectivity index (χ0n) is 16.0. The maximum atomic E-state index is 12.9. The first-order valence-corrected chi connectivity index (χ1v) is 10.4. The van der Waals surface area contributed by atoms with Gasteiger partial charge in [0.15, 0.2) is 10.9 Å². The van der Waals surface area contributed by atoms with E-state index in [0.29, 0.717) is 35.6 Å². The Morgan fingerprint density at radius 3 is 2.61 bits per heavy atom. The smallest absolute Gasteiger partial charge is 0.262 e. The van der Waals surface area contributed by atoms with Crippen LogP contribution >= 0.6 is 11.8 Å². The number of carbonyl (C=O) groups is 1. The van der Waals surface area contributed by atoms with E-state index in [1.165, 1.54) is 11.8 Å². The van der Waals surface area contributed by atoms with Crippen LogP contribution in [0.1, 0.15) is 29.6 Å². The van der Waals surface area contributed by atoms with Crippen LogP contribution in [0.15, 0.2) is 64.5 Å². The zero-order valence-corrected chi connectivity index (χ0v) is 16.8. The molecule has 28 heavy (non-hydrogen) atoms. The maximum absolute atomic E-state index is 12.9. The Bertz CT molecular complexity index is 986. The van der Waals surface area contributed by atoms with Crippen molar-refractivity contribution in [1.82, 2.24) is 9.55 Å². The van der Waals surface area contributed by atoms with Gasteiger partial charge >= 0.3 is 0 Å². The van der Waals surface area contributed by atoms with Crippen LogP contribution in [-0.2, 0) is 11.3 Å². The number of methoxy groups -OCH3 is 1. The highest BCUT2D eigenvalue weighted by Crippen LogP contribution is 2.20. The van der Waals surface area contributed by atoms with Crippen LogP contribution in [0.2, 0.25) is 0 Å². The first-order valence-electron chi connectivity index (χ1n) is 9.40. The molecule has 0 aliphatic carbocycles. The molecule has 0 saturated heterocycles. The summed E-state index contributed by atoms with van der Waals surface area (Å²) in [5.41, 5.74) is 1.43. The zero-order chi connectivity index (χ0) is 19.8. The normalized spacial score (nSPS) is 11.0. The van der Waals surface area contributed by atoms with Gasteiger partial charge in [-0.25, -0.2) is 4.98 Å². The van der Waals surface area contributed by atoms with Gasteiger partial charge in [0.1, 0.15) is 0 Å². The third-order valence-corrected chi connectivity index (χ3v) is 5.49. The summed E-state index contributed by atoms with van der Waals surface area (Å²) in [6.45, 7) is 1.16. The molecule has 3 aromatic rings. The standard InChI is InChI=1S/C22H24N2O3S/c1-27-15-8-14-24-21(26)18-11-5-6-12-19(18)23-22(24)28-16-7-13-20(25)17-9-3-2-4-10-17/h2-6,9-12H,7-8,13-16H2,1H3. The quantitative estimate of drug-likeness (QED) is 0.223. The second-order valence-corrected chi connectivity index (χ2v) is 7.52. The Kier molecular flexibility index (Phi) is 7.39. The number of nitrogens with zero attached hydrogens (tertiary/aromatic N) is 2. The summed E-state index contributed by atoms with van der Waals surface area (Å²) in [5.74, 6) is 0.873. The van der Waals surface area contributed by atoms with Crippen LogP contribution in [0, 0.1) is 0 Å². The van der Waals surface area contributed by atoms with E-state index in [4.69, 9.17) is 4.74 Å². The van der Waals surface area contributed by atoms with Crippen molar-refractivity contribution in [3.05, 3.63) is 70.5 Å². The Labute approximate surface area is 168 Å². The molecule has 3 rings (SSSR count). The lowest BCUT2D eigenvalue weighted by atomic mass is 10.1. The molecule has 0 spiro atoms. The highest BCUT2D eigenvalue weighted by Gasteiger charge is 2.12. The summed E-state index contributed by atoms with van der Waals surface area (Å²) in [7, 11) is 1.65. The molecule has 0 unspecified atom stereocenters. The van der Waals surface area contributed by atoms with E-state index in [-0.39, 0.29) is 11.3 Å². The summed E-state index contributed by atoms with van der Waals surface area (Å²) < 4.78 is 6.84. The Hall–Kier alpha value is -2.44. The van der Waals surface area contributed by atoms with Crippen LogP contribution in [0.4, 0.5) is 0 Å². The topological polar surface area (TPSA) is 61.2 Å². The van der Waals surface area contributed by atoms with E-state index in [1.54, 1.807) is 11.7 Å². The van der Waals surface area contributed by atoms with Crippen LogP contribution in [0.25, 0.3) is 10.9 Å². The van der Waals surface area contributed by atoms with Crippen LogP contribution in [0.3, 0.4) is 0 Å². The second kappa shape index (κ2) is 10.2. The summed E-state index contributed by atoms with van der Waals surface area (Å²) in [5, 5.41) is 1.33. The Morgan fingerprint density at radius 2 is 1.82 bits per heavy atom. The molecule has 0 aliphatic heterocycles. The SMILES string of the molecule is COCCCn1c(SCCCC(=O)c2ccccc2)nc2ccccc2c1=O. The number of ether oxygens (including phenoxy) is 1. The van der Waals surface area contributed by atoms with Crippen LogP contribution in [-0.4, -0.2) is 34.8 Å². The summed E-state index contributed by atoms with van der Waals surface area (Å²) >= 11 is 1.53. The molecule has 1 heterocycles. The monoisotopic (exact) mass is 396 g/mol. The van der Waals surface area contributed by atoms with Crippen molar-refractivity contribution in [3.63, 3.8) is 0 Å². The van der Waals surface area contributed by atoms with Gasteiger partial charge in [0.05, 0.1) is 10.9 Å². The van der Waals surface area contributed by atoms with Crippen molar-refractivity contribution in [3.8, 4) is 0 Å². The number of rotatable bonds is 10. The predicted molar refractivity (Wildman–Crippen MR) is 113 cm³/mol. The molecule has 0 bridgehead atoms. The number of ketones is 1. The highest BCUT2D eigenvalue weighted by atomic mass is 32.2. The lowest BCUT2D eigenvalue weighted by molar-refractivity contribution is 0.0982. The van der Waals surface area contributed by atoms with Gasteiger partial charge in [0.25, 0.3) is 5.56 Å². The molecule has 1 aromatic heterocycles. The third-order valence-electron chi connectivity index (χ3n) is 4.43. The largest absolute Gasteiger partial charge is 0.385 e. The van der Waals surface area contributed by atoms with Gasteiger partial charge in [0.2, 0.25) is 0 Å². The van der Waals surface area contributed by atoms with Gasteiger partial charge < -0.3 is 4.74 Å². The number of benzene rings is 2. The fourth-order valence-electron chi connectivity index (χ4n) is 2.99. The number of fused-ring (bicyclic) bond motifs is 1. The van der Waals surface area contributed by atoms with Crippen molar-refractivity contribution < 1.29 is 9.53 Å². The minimum absolute atomic E-state index is 0.0236. The molecule has 146 valence electrons. The van der Waals surface area contributed by atoms with Crippen molar-refractivity contribution in [2.24, 2.45) is 0 Å². The molecule has 0 atom stereocenters. The number of thioether (sulfide) groups is 1. The summed E-state index contributed by atoms with van der Waals surface area (Å²) in [6, 6.07) is 16.7. The first kappa shape index (κ1) is 20.3. The maximum Gasteiger partial charge on any atom is 0.262 e. The molecule has 6 heteroatoms. The van der Waals surface area contributed by atoms with Crippen molar-refractivity contribution >= 4 is 28.4 Å². The minimum atomic E-state index is -0.0236. The minimum Gasteiger partial charge on any atom is -0.385 e. The molecular weight excluding hydrogens is 372 g/mol. The van der Waals surface area contributed by atoms with Gasteiger partial charge in [-0.2, -0.15) is 0 Å². The van der Waals surface area contributed by atoms with E-state index in [9.17, 15) is 9.59 Å². The van der Waals surface area contributed by atoms with Crippen LogP contribution < -0.4 is 5.56 Å². The molecule has 2 aromatic carbocycles. The number of Topliss-reactive ketones (excluding diaryl/α,β-unsaturated/α-hetero) is 1. The number of para-hydroxylation sites is 1. The van der Waals surface area contributed by atoms with Gasteiger partial charge in [-0.15, -0.1) is 0 Å². The average Bonchev–Trinajstić information content (AvgIpc) is 2.73. The number of carbonyl (C=O) groups excluding carboxylic acids is 1. The van der Waals surface area contributed by atoms with E-state index in [1.807, 2.05) is 54.6 Å². The van der Waals surface area contributed by atoms with Crippen molar-refractivity contribution in [2.75, 3.05) is 19.5 Å². The lowest BCUT2D eigenvalue weighted by Gasteiger charge is -2.13. The summed E-state index contributed by atoms with van der Waals surface area (Å²) in [6.07, 6.45) is 1.97. The number of hydrogen-bond donors (Lipinski definition) is 0. The molecule has 0 saturated carbocycles. The molecular formula is C22H24N2O3S. The second-order valence-electron chi connectivity index (χ2n) is 6.46. The fraction of sp³-hybridized carbons (Fsp3) is 0.318. The first-order chi connectivity index (χ1) is 13.7. The van der Waals surface area contributed by atoms with E-state index in [2.05, 4.69) is 4.98 Å². The van der Waals surface area contributed by atoms with Gasteiger partial charge in [-0.3, -0.25) is 14.2 Å². The average molecular weight is 397 g/mol. The fourth-order valence-corrected chi connectivity index (χ4v) is 3.95. The Balaban J connectivity index is 1.69. The van der Waals surface area contributed by atoms with E-state index < -0.39 is 0 Å². The molecule has 5 nitrogen and oxygen atoms in total. The molecule has 0 N–H and O–H groups in total.